The van der Waals surface area contributed by atoms with Crippen LogP contribution in [0.3, 0.4) is 0 Å². The molecule has 5 heteroatoms. The first-order valence-electron chi connectivity index (χ1n) is 7.21. The van der Waals surface area contributed by atoms with Crippen LogP contribution in [0.2, 0.25) is 0 Å². The lowest BCUT2D eigenvalue weighted by molar-refractivity contribution is 0.806. The van der Waals surface area contributed by atoms with Crippen LogP contribution in [0.15, 0.2) is 53.5 Å². The van der Waals surface area contributed by atoms with Gasteiger partial charge in [0.2, 0.25) is 0 Å². The second-order valence-corrected chi connectivity index (χ2v) is 5.01. The maximum Gasteiger partial charge on any atom is 0.191 e. The Morgan fingerprint density at radius 2 is 1.70 bits per heavy atom. The first-order valence-corrected chi connectivity index (χ1v) is 7.21. The fourth-order valence-corrected chi connectivity index (χ4v) is 2.09. The highest BCUT2D eigenvalue weighted by Gasteiger charge is 2.01. The fourth-order valence-electron chi connectivity index (χ4n) is 2.09. The van der Waals surface area contributed by atoms with Crippen LogP contribution < -0.4 is 10.6 Å². The molecular formula is C18H21IN4. The largest absolute Gasteiger partial charge is 0.352 e. The molecule has 0 aliphatic rings. The molecule has 0 amide bonds. The van der Waals surface area contributed by atoms with E-state index in [0.29, 0.717) is 12.1 Å². The molecule has 2 N–H and O–H groups in total. The molecule has 0 radical (unpaired) electrons. The van der Waals surface area contributed by atoms with E-state index in [9.17, 15) is 0 Å². The Labute approximate surface area is 154 Å². The van der Waals surface area contributed by atoms with E-state index < -0.39 is 0 Å². The Kier molecular flexibility index (Phi) is 8.13. The summed E-state index contributed by atoms with van der Waals surface area (Å²) >= 11 is 0. The minimum Gasteiger partial charge on any atom is -0.352 e. The van der Waals surface area contributed by atoms with Gasteiger partial charge in [-0.3, -0.25) is 4.99 Å². The first kappa shape index (κ1) is 19.0. The molecule has 0 saturated carbocycles. The predicted molar refractivity (Wildman–Crippen MR) is 105 cm³/mol. The summed E-state index contributed by atoms with van der Waals surface area (Å²) in [5.41, 5.74) is 4.30. The van der Waals surface area contributed by atoms with E-state index in [4.69, 9.17) is 5.26 Å². The molecule has 0 saturated heterocycles. The van der Waals surface area contributed by atoms with Gasteiger partial charge in [-0.15, -0.1) is 24.0 Å². The lowest BCUT2D eigenvalue weighted by Gasteiger charge is -2.13. The number of nitriles is 1. The van der Waals surface area contributed by atoms with Crippen molar-refractivity contribution < 1.29 is 0 Å². The van der Waals surface area contributed by atoms with Gasteiger partial charge in [0, 0.05) is 20.1 Å². The number of aryl methyl sites for hydroxylation is 1. The predicted octanol–water partition coefficient (Wildman–Crippen LogP) is 3.35. The third-order valence-corrected chi connectivity index (χ3v) is 3.47. The molecule has 0 heterocycles. The molecule has 0 aliphatic heterocycles. The Bertz CT molecular complexity index is 687. The van der Waals surface area contributed by atoms with Gasteiger partial charge in [-0.25, -0.2) is 0 Å². The lowest BCUT2D eigenvalue weighted by Crippen LogP contribution is -2.36. The second kappa shape index (κ2) is 9.85. The molecule has 23 heavy (non-hydrogen) atoms. The van der Waals surface area contributed by atoms with E-state index in [1.807, 2.05) is 36.4 Å². The highest BCUT2D eigenvalue weighted by Crippen LogP contribution is 2.06. The van der Waals surface area contributed by atoms with Crippen molar-refractivity contribution >= 4 is 29.9 Å². The lowest BCUT2D eigenvalue weighted by atomic mass is 10.1. The van der Waals surface area contributed by atoms with E-state index in [1.54, 1.807) is 7.05 Å². The molecule has 0 unspecified atom stereocenters. The average molecular weight is 420 g/mol. The van der Waals surface area contributed by atoms with E-state index in [2.05, 4.69) is 40.8 Å². The number of hydrogen-bond acceptors (Lipinski definition) is 2. The number of nitrogens with one attached hydrogen (secondary N) is 2. The maximum absolute atomic E-state index is 8.79. The number of halogens is 1. The van der Waals surface area contributed by atoms with Crippen LogP contribution in [0.1, 0.15) is 22.3 Å². The quantitative estimate of drug-likeness (QED) is 0.453. The van der Waals surface area contributed by atoms with Gasteiger partial charge in [0.15, 0.2) is 5.96 Å². The van der Waals surface area contributed by atoms with Crippen LogP contribution in [-0.4, -0.2) is 13.0 Å². The zero-order valence-electron chi connectivity index (χ0n) is 13.3. The molecule has 0 fully saturated rings. The van der Waals surface area contributed by atoms with Gasteiger partial charge in [0.1, 0.15) is 0 Å². The van der Waals surface area contributed by atoms with Crippen LogP contribution >= 0.6 is 24.0 Å². The molecule has 2 rings (SSSR count). The van der Waals surface area contributed by atoms with Crippen LogP contribution in [-0.2, 0) is 13.1 Å². The van der Waals surface area contributed by atoms with Gasteiger partial charge < -0.3 is 10.6 Å². The van der Waals surface area contributed by atoms with Crippen LogP contribution in [0.5, 0.6) is 0 Å². The van der Waals surface area contributed by atoms with Gasteiger partial charge in [0.05, 0.1) is 11.6 Å². The molecule has 0 bridgehead atoms. The van der Waals surface area contributed by atoms with Gasteiger partial charge >= 0.3 is 0 Å². The van der Waals surface area contributed by atoms with E-state index in [1.165, 1.54) is 11.1 Å². The SMILES string of the molecule is CN=C(NCc1ccc(C#N)cc1)NCc1ccccc1C.I. The van der Waals surface area contributed by atoms with Crippen molar-refractivity contribution in [2.24, 2.45) is 4.99 Å². The minimum absolute atomic E-state index is 0. The number of guanidine groups is 1. The summed E-state index contributed by atoms with van der Waals surface area (Å²) in [6.07, 6.45) is 0. The Morgan fingerprint density at radius 3 is 2.30 bits per heavy atom. The van der Waals surface area contributed by atoms with Gasteiger partial charge in [-0.05, 0) is 35.7 Å². The summed E-state index contributed by atoms with van der Waals surface area (Å²) in [5.74, 6) is 0.757. The molecule has 0 aliphatic carbocycles. The topological polar surface area (TPSA) is 60.2 Å². The molecule has 120 valence electrons. The van der Waals surface area contributed by atoms with E-state index in [0.717, 1.165) is 18.1 Å². The Morgan fingerprint density at radius 1 is 1.04 bits per heavy atom. The third-order valence-electron chi connectivity index (χ3n) is 3.47. The van der Waals surface area contributed by atoms with E-state index >= 15 is 0 Å². The second-order valence-electron chi connectivity index (χ2n) is 5.01. The molecular weight excluding hydrogens is 399 g/mol. The number of rotatable bonds is 4. The van der Waals surface area contributed by atoms with Crippen molar-refractivity contribution in [2.45, 2.75) is 20.0 Å². The molecule has 2 aromatic rings. The van der Waals surface area contributed by atoms with Crippen LogP contribution in [0.4, 0.5) is 0 Å². The van der Waals surface area contributed by atoms with Gasteiger partial charge in [-0.1, -0.05) is 36.4 Å². The maximum atomic E-state index is 8.79. The first-order chi connectivity index (χ1) is 10.7. The van der Waals surface area contributed by atoms with Gasteiger partial charge in [-0.2, -0.15) is 5.26 Å². The van der Waals surface area contributed by atoms with Crippen molar-refractivity contribution in [1.29, 1.82) is 5.26 Å². The number of hydrogen-bond donors (Lipinski definition) is 2. The van der Waals surface area contributed by atoms with Gasteiger partial charge in [0.25, 0.3) is 0 Å². The number of aliphatic imine (C=N–C) groups is 1. The average Bonchev–Trinajstić information content (AvgIpc) is 2.57. The fraction of sp³-hybridized carbons (Fsp3) is 0.222. The minimum atomic E-state index is 0. The van der Waals surface area contributed by atoms with Crippen LogP contribution in [0, 0.1) is 18.3 Å². The van der Waals surface area contributed by atoms with Crippen molar-refractivity contribution in [3.05, 3.63) is 70.8 Å². The van der Waals surface area contributed by atoms with Crippen molar-refractivity contribution in [2.75, 3.05) is 7.05 Å². The smallest absolute Gasteiger partial charge is 0.191 e. The summed E-state index contributed by atoms with van der Waals surface area (Å²) in [4.78, 5) is 4.22. The number of nitrogens with zero attached hydrogens (tertiary/aromatic N) is 2. The molecule has 0 aromatic heterocycles. The zero-order chi connectivity index (χ0) is 15.8. The van der Waals surface area contributed by atoms with Crippen molar-refractivity contribution in [3.63, 3.8) is 0 Å². The normalized spacial score (nSPS) is 10.4. The highest BCUT2D eigenvalue weighted by molar-refractivity contribution is 14.0. The summed E-state index contributed by atoms with van der Waals surface area (Å²) in [6.45, 7) is 3.50. The summed E-state index contributed by atoms with van der Waals surface area (Å²) in [5, 5.41) is 15.4. The monoisotopic (exact) mass is 420 g/mol. The third kappa shape index (κ3) is 5.91. The highest BCUT2D eigenvalue weighted by atomic mass is 127. The summed E-state index contributed by atoms with van der Waals surface area (Å²) in [7, 11) is 1.76. The summed E-state index contributed by atoms with van der Waals surface area (Å²) < 4.78 is 0. The zero-order valence-corrected chi connectivity index (χ0v) is 15.7. The van der Waals surface area contributed by atoms with Crippen LogP contribution in [0.25, 0.3) is 0 Å². The Hall–Kier alpha value is -2.07. The molecule has 2 aromatic carbocycles. The summed E-state index contributed by atoms with van der Waals surface area (Å²) in [6, 6.07) is 17.9. The number of benzene rings is 2. The Balaban J connectivity index is 0.00000264. The standard InChI is InChI=1S/C18H20N4.HI/c1-14-5-3-4-6-17(14)13-22-18(20-2)21-12-16-9-7-15(11-19)8-10-16;/h3-10H,12-13H2,1-2H3,(H2,20,21,22);1H. The molecule has 4 nitrogen and oxygen atoms in total. The van der Waals surface area contributed by atoms with Crippen molar-refractivity contribution in [3.8, 4) is 6.07 Å². The van der Waals surface area contributed by atoms with Crippen molar-refractivity contribution in [1.82, 2.24) is 10.6 Å². The molecule has 0 atom stereocenters. The van der Waals surface area contributed by atoms with E-state index in [-0.39, 0.29) is 24.0 Å². The molecule has 0 spiro atoms.